The Balaban J connectivity index is 4.09. The van der Waals surface area contributed by atoms with E-state index in [1.807, 2.05) is 0 Å². The highest BCUT2D eigenvalue weighted by molar-refractivity contribution is 4.80. The Morgan fingerprint density at radius 2 is 1.68 bits per heavy atom. The lowest BCUT2D eigenvalue weighted by Crippen LogP contribution is -2.38. The summed E-state index contributed by atoms with van der Waals surface area (Å²) < 4.78 is 40.7. The van der Waals surface area contributed by atoms with Crippen molar-refractivity contribution in [2.45, 2.75) is 47.2 Å². The summed E-state index contributed by atoms with van der Waals surface area (Å²) in [5.74, 6) is 0.958. The number of hydrogen-bond acceptors (Lipinski definition) is 2. The van der Waals surface area contributed by atoms with Crippen molar-refractivity contribution in [1.29, 1.82) is 0 Å². The largest absolute Gasteiger partial charge is 0.411 e. The van der Waals surface area contributed by atoms with Crippen LogP contribution in [0.4, 0.5) is 13.2 Å². The molecule has 0 rings (SSSR count). The quantitative estimate of drug-likeness (QED) is 0.649. The van der Waals surface area contributed by atoms with Crippen molar-refractivity contribution >= 4 is 0 Å². The Morgan fingerprint density at radius 3 is 2.11 bits per heavy atom. The Bertz CT molecular complexity index is 241. The van der Waals surface area contributed by atoms with Gasteiger partial charge in [-0.05, 0) is 30.2 Å². The van der Waals surface area contributed by atoms with Gasteiger partial charge in [0.15, 0.2) is 0 Å². The lowest BCUT2D eigenvalue weighted by Gasteiger charge is -2.34. The molecule has 0 aromatic rings. The Hall–Kier alpha value is -0.290. The van der Waals surface area contributed by atoms with E-state index in [-0.39, 0.29) is 12.0 Å². The van der Waals surface area contributed by atoms with Crippen LogP contribution in [0, 0.1) is 17.3 Å². The predicted octanol–water partition coefficient (Wildman–Crippen LogP) is 3.86. The molecule has 1 unspecified atom stereocenters. The molecule has 0 fully saturated rings. The zero-order valence-corrected chi connectivity index (χ0v) is 12.7. The van der Waals surface area contributed by atoms with Gasteiger partial charge in [-0.1, -0.05) is 34.6 Å². The first-order valence-electron chi connectivity index (χ1n) is 6.92. The summed E-state index contributed by atoms with van der Waals surface area (Å²) in [5.41, 5.74) is -0.0412. The van der Waals surface area contributed by atoms with Crippen LogP contribution in [0.1, 0.15) is 41.0 Å². The molecule has 0 aromatic heterocycles. The van der Waals surface area contributed by atoms with Gasteiger partial charge in [0.1, 0.15) is 6.61 Å². The van der Waals surface area contributed by atoms with Gasteiger partial charge in [-0.25, -0.2) is 0 Å². The van der Waals surface area contributed by atoms with E-state index < -0.39 is 12.8 Å². The summed E-state index contributed by atoms with van der Waals surface area (Å²) in [5, 5.41) is 3.39. The van der Waals surface area contributed by atoms with Crippen molar-refractivity contribution in [2.24, 2.45) is 17.3 Å². The maximum atomic E-state index is 12.0. The predicted molar refractivity (Wildman–Crippen MR) is 72.1 cm³/mol. The van der Waals surface area contributed by atoms with Gasteiger partial charge in [-0.2, -0.15) is 13.2 Å². The lowest BCUT2D eigenvalue weighted by molar-refractivity contribution is -0.175. The third kappa shape index (κ3) is 9.27. The van der Waals surface area contributed by atoms with Gasteiger partial charge in [-0.15, -0.1) is 0 Å². The van der Waals surface area contributed by atoms with E-state index in [1.54, 1.807) is 0 Å². The molecular formula is C14H28F3NO. The van der Waals surface area contributed by atoms with Crippen LogP contribution in [0.15, 0.2) is 0 Å². The lowest BCUT2D eigenvalue weighted by atomic mass is 9.76. The summed E-state index contributed by atoms with van der Waals surface area (Å²) in [7, 11) is 0. The second-order valence-electron chi connectivity index (χ2n) is 6.25. The van der Waals surface area contributed by atoms with Crippen LogP contribution in [0.3, 0.4) is 0 Å². The SMILES string of the molecule is CC(C)CNCC(C)(CCOCC(F)(F)F)C(C)C. The van der Waals surface area contributed by atoms with Crippen LogP contribution in [0.2, 0.25) is 0 Å². The van der Waals surface area contributed by atoms with Gasteiger partial charge in [0, 0.05) is 13.2 Å². The highest BCUT2D eigenvalue weighted by Gasteiger charge is 2.30. The first-order valence-corrected chi connectivity index (χ1v) is 6.92. The highest BCUT2D eigenvalue weighted by Crippen LogP contribution is 2.30. The molecule has 0 amide bonds. The van der Waals surface area contributed by atoms with E-state index in [2.05, 4.69) is 39.9 Å². The zero-order valence-electron chi connectivity index (χ0n) is 12.7. The van der Waals surface area contributed by atoms with Crippen molar-refractivity contribution in [3.05, 3.63) is 0 Å². The summed E-state index contributed by atoms with van der Waals surface area (Å²) >= 11 is 0. The minimum Gasteiger partial charge on any atom is -0.372 e. The fraction of sp³-hybridized carbons (Fsp3) is 1.00. The Morgan fingerprint density at radius 1 is 1.11 bits per heavy atom. The minimum atomic E-state index is -4.23. The van der Waals surface area contributed by atoms with Crippen LogP contribution in [0.25, 0.3) is 0 Å². The molecule has 0 aliphatic carbocycles. The fourth-order valence-electron chi connectivity index (χ4n) is 1.72. The molecule has 116 valence electrons. The van der Waals surface area contributed by atoms with Crippen LogP contribution in [-0.4, -0.2) is 32.5 Å². The molecule has 0 aliphatic rings. The van der Waals surface area contributed by atoms with Crippen molar-refractivity contribution in [1.82, 2.24) is 5.32 Å². The average molecular weight is 283 g/mol. The minimum absolute atomic E-state index is 0.0412. The van der Waals surface area contributed by atoms with Crippen molar-refractivity contribution < 1.29 is 17.9 Å². The van der Waals surface area contributed by atoms with Crippen molar-refractivity contribution in [2.75, 3.05) is 26.3 Å². The number of rotatable bonds is 9. The number of alkyl halides is 3. The van der Waals surface area contributed by atoms with E-state index in [1.165, 1.54) is 0 Å². The molecule has 2 nitrogen and oxygen atoms in total. The molecule has 0 radical (unpaired) electrons. The molecule has 0 heterocycles. The van der Waals surface area contributed by atoms with E-state index in [0.29, 0.717) is 18.3 Å². The molecular weight excluding hydrogens is 255 g/mol. The van der Waals surface area contributed by atoms with E-state index in [9.17, 15) is 13.2 Å². The molecule has 5 heteroatoms. The van der Waals surface area contributed by atoms with E-state index >= 15 is 0 Å². The van der Waals surface area contributed by atoms with Gasteiger partial charge in [0.05, 0.1) is 0 Å². The third-order valence-corrected chi connectivity index (χ3v) is 3.56. The second kappa shape index (κ2) is 8.10. The maximum absolute atomic E-state index is 12.0. The second-order valence-corrected chi connectivity index (χ2v) is 6.25. The summed E-state index contributed by atoms with van der Waals surface area (Å²) in [4.78, 5) is 0. The summed E-state index contributed by atoms with van der Waals surface area (Å²) in [6.07, 6.45) is -3.60. The van der Waals surface area contributed by atoms with Gasteiger partial charge in [0.2, 0.25) is 0 Å². The molecule has 0 aromatic carbocycles. The molecule has 0 bridgehead atoms. The van der Waals surface area contributed by atoms with Gasteiger partial charge >= 0.3 is 6.18 Å². The third-order valence-electron chi connectivity index (χ3n) is 3.56. The number of ether oxygens (including phenoxy) is 1. The number of nitrogens with one attached hydrogen (secondary N) is 1. The first kappa shape index (κ1) is 18.7. The van der Waals surface area contributed by atoms with Crippen LogP contribution >= 0.6 is 0 Å². The normalized spacial score (nSPS) is 16.1. The maximum Gasteiger partial charge on any atom is 0.411 e. The Labute approximate surface area is 115 Å². The molecule has 0 spiro atoms. The molecule has 19 heavy (non-hydrogen) atoms. The summed E-state index contributed by atoms with van der Waals surface area (Å²) in [6, 6.07) is 0. The fourth-order valence-corrected chi connectivity index (χ4v) is 1.72. The molecule has 1 atom stereocenters. The topological polar surface area (TPSA) is 21.3 Å². The van der Waals surface area contributed by atoms with E-state index in [0.717, 1.165) is 13.1 Å². The first-order chi connectivity index (χ1) is 8.57. The number of hydrogen-bond donors (Lipinski definition) is 1. The highest BCUT2D eigenvalue weighted by atomic mass is 19.4. The molecule has 1 N–H and O–H groups in total. The van der Waals surface area contributed by atoms with Gasteiger partial charge in [-0.3, -0.25) is 0 Å². The number of halogens is 3. The van der Waals surface area contributed by atoms with Gasteiger partial charge < -0.3 is 10.1 Å². The molecule has 0 saturated heterocycles. The van der Waals surface area contributed by atoms with Crippen molar-refractivity contribution in [3.63, 3.8) is 0 Å². The van der Waals surface area contributed by atoms with Crippen LogP contribution in [0.5, 0.6) is 0 Å². The van der Waals surface area contributed by atoms with Crippen molar-refractivity contribution in [3.8, 4) is 0 Å². The van der Waals surface area contributed by atoms with Gasteiger partial charge in [0.25, 0.3) is 0 Å². The average Bonchev–Trinajstić information content (AvgIpc) is 2.22. The standard InChI is InChI=1S/C14H28F3NO/c1-11(2)8-18-9-13(5,12(3)4)6-7-19-10-14(15,16)17/h11-12,18H,6-10H2,1-5H3. The smallest absolute Gasteiger partial charge is 0.372 e. The van der Waals surface area contributed by atoms with Crippen LogP contribution in [-0.2, 0) is 4.74 Å². The zero-order chi connectivity index (χ0) is 15.1. The monoisotopic (exact) mass is 283 g/mol. The molecule has 0 aliphatic heterocycles. The van der Waals surface area contributed by atoms with Crippen LogP contribution < -0.4 is 5.32 Å². The molecule has 0 saturated carbocycles. The van der Waals surface area contributed by atoms with E-state index in [4.69, 9.17) is 4.74 Å². The summed E-state index contributed by atoms with van der Waals surface area (Å²) in [6.45, 7) is 11.3. The Kier molecular flexibility index (Phi) is 7.98.